The van der Waals surface area contributed by atoms with Crippen LogP contribution in [0, 0.1) is 0 Å². The van der Waals surface area contributed by atoms with Gasteiger partial charge in [0.1, 0.15) is 31.0 Å². The summed E-state index contributed by atoms with van der Waals surface area (Å²) < 4.78 is 10.2. The Morgan fingerprint density at radius 1 is 0.967 bits per heavy atom. The molecule has 4 atom stereocenters. The Kier molecular flexibility index (Phi) is 16.0. The molecule has 30 heavy (non-hydrogen) atoms. The summed E-state index contributed by atoms with van der Waals surface area (Å²) in [5, 5.41) is 29.0. The molecule has 1 rings (SSSR count). The molecular weight excluding hydrogens is 384 g/mol. The molecule has 0 saturated carbocycles. The van der Waals surface area contributed by atoms with Gasteiger partial charge >= 0.3 is 5.97 Å². The molecule has 0 amide bonds. The third-order valence-electron chi connectivity index (χ3n) is 5.63. The Hall–Kier alpha value is -0.950. The first-order valence-corrected chi connectivity index (χ1v) is 12.0. The number of hydrogen-bond acceptors (Lipinski definition) is 6. The first-order valence-electron chi connectivity index (χ1n) is 12.0. The quantitative estimate of drug-likeness (QED) is 0.173. The van der Waals surface area contributed by atoms with Crippen molar-refractivity contribution in [3.8, 4) is 0 Å². The van der Waals surface area contributed by atoms with Crippen molar-refractivity contribution >= 4 is 5.97 Å². The molecule has 0 aromatic rings. The van der Waals surface area contributed by atoms with E-state index >= 15 is 0 Å². The molecule has 176 valence electrons. The number of carbonyl (C=O) groups excluding carboxylic acids is 1. The molecule has 1 aliphatic heterocycles. The third kappa shape index (κ3) is 12.7. The lowest BCUT2D eigenvalue weighted by Crippen LogP contribution is -2.41. The van der Waals surface area contributed by atoms with Crippen molar-refractivity contribution in [2.45, 2.75) is 121 Å². The van der Waals surface area contributed by atoms with Crippen LogP contribution in [-0.2, 0) is 14.3 Å². The molecule has 0 spiro atoms. The van der Waals surface area contributed by atoms with Crippen molar-refractivity contribution in [1.82, 2.24) is 0 Å². The van der Waals surface area contributed by atoms with E-state index in [4.69, 9.17) is 9.47 Å². The topological polar surface area (TPSA) is 96.2 Å². The van der Waals surface area contributed by atoms with Gasteiger partial charge in [-0.15, -0.1) is 0 Å². The summed E-state index contributed by atoms with van der Waals surface area (Å²) in [7, 11) is 0. The van der Waals surface area contributed by atoms with E-state index in [9.17, 15) is 20.1 Å². The smallest absolute Gasteiger partial charge is 0.305 e. The van der Waals surface area contributed by atoms with Crippen molar-refractivity contribution in [2.24, 2.45) is 0 Å². The summed E-state index contributed by atoms with van der Waals surface area (Å²) in [5.41, 5.74) is 0. The van der Waals surface area contributed by atoms with E-state index in [0.717, 1.165) is 25.7 Å². The molecule has 1 heterocycles. The zero-order valence-corrected chi connectivity index (χ0v) is 18.8. The van der Waals surface area contributed by atoms with Gasteiger partial charge in [-0.1, -0.05) is 70.4 Å². The molecule has 0 aromatic carbocycles. The molecule has 0 aromatic heterocycles. The summed E-state index contributed by atoms with van der Waals surface area (Å²) in [4.78, 5) is 11.7. The zero-order valence-electron chi connectivity index (χ0n) is 18.8. The van der Waals surface area contributed by atoms with Gasteiger partial charge in [0.25, 0.3) is 0 Å². The van der Waals surface area contributed by atoms with Crippen LogP contribution in [0.2, 0.25) is 0 Å². The normalized spacial score (nSPS) is 22.6. The Morgan fingerprint density at radius 3 is 2.10 bits per heavy atom. The number of rotatable bonds is 18. The maximum Gasteiger partial charge on any atom is 0.305 e. The summed E-state index contributed by atoms with van der Waals surface area (Å²) >= 11 is 0. The summed E-state index contributed by atoms with van der Waals surface area (Å²) in [6, 6.07) is 0. The van der Waals surface area contributed by atoms with Gasteiger partial charge in [0.2, 0.25) is 0 Å². The minimum Gasteiger partial charge on any atom is -0.463 e. The molecule has 6 heteroatoms. The van der Waals surface area contributed by atoms with Gasteiger partial charge in [0.05, 0.1) is 6.61 Å². The van der Waals surface area contributed by atoms with Crippen LogP contribution in [0.4, 0.5) is 0 Å². The number of aliphatic hydroxyl groups excluding tert-OH is 3. The van der Waals surface area contributed by atoms with Crippen molar-refractivity contribution in [2.75, 3.05) is 13.2 Å². The predicted molar refractivity (Wildman–Crippen MR) is 118 cm³/mol. The Balaban J connectivity index is 1.87. The van der Waals surface area contributed by atoms with Crippen LogP contribution in [0.25, 0.3) is 0 Å². The van der Waals surface area contributed by atoms with Gasteiger partial charge in [0.15, 0.2) is 0 Å². The number of aliphatic hydroxyl groups is 3. The number of unbranched alkanes of at least 4 members (excludes halogenated alkanes) is 11. The second kappa shape index (κ2) is 17.7. The van der Waals surface area contributed by atoms with Crippen LogP contribution >= 0.6 is 0 Å². The van der Waals surface area contributed by atoms with Crippen molar-refractivity contribution in [3.63, 3.8) is 0 Å². The lowest BCUT2D eigenvalue weighted by atomic mass is 10.1. The molecule has 1 aliphatic rings. The van der Waals surface area contributed by atoms with E-state index in [1.807, 2.05) is 0 Å². The molecule has 1 fully saturated rings. The summed E-state index contributed by atoms with van der Waals surface area (Å²) in [6.45, 7) is 2.00. The highest BCUT2D eigenvalue weighted by molar-refractivity contribution is 5.69. The second-order valence-electron chi connectivity index (χ2n) is 8.44. The highest BCUT2D eigenvalue weighted by Crippen LogP contribution is 2.18. The van der Waals surface area contributed by atoms with Crippen LogP contribution < -0.4 is 0 Å². The third-order valence-corrected chi connectivity index (χ3v) is 5.63. The zero-order chi connectivity index (χ0) is 22.0. The van der Waals surface area contributed by atoms with Crippen LogP contribution in [0.5, 0.6) is 0 Å². The minimum atomic E-state index is -1.15. The molecule has 1 saturated heterocycles. The van der Waals surface area contributed by atoms with Crippen molar-refractivity contribution < 1.29 is 29.6 Å². The molecule has 0 radical (unpaired) electrons. The molecular formula is C24H44O6. The predicted octanol–water partition coefficient (Wildman–Crippen LogP) is 4.05. The van der Waals surface area contributed by atoms with E-state index < -0.39 is 24.4 Å². The second-order valence-corrected chi connectivity index (χ2v) is 8.44. The molecule has 1 unspecified atom stereocenters. The maximum atomic E-state index is 11.7. The largest absolute Gasteiger partial charge is 0.463 e. The van der Waals surface area contributed by atoms with Crippen LogP contribution in [0.3, 0.4) is 0 Å². The van der Waals surface area contributed by atoms with E-state index in [0.29, 0.717) is 6.42 Å². The van der Waals surface area contributed by atoms with Crippen LogP contribution in [0.15, 0.2) is 12.2 Å². The number of esters is 1. The molecule has 3 N–H and O–H groups in total. The van der Waals surface area contributed by atoms with Crippen molar-refractivity contribution in [3.05, 3.63) is 12.2 Å². The average molecular weight is 429 g/mol. The van der Waals surface area contributed by atoms with E-state index in [1.165, 1.54) is 57.8 Å². The number of carbonyl (C=O) groups is 1. The van der Waals surface area contributed by atoms with Gasteiger partial charge in [-0.25, -0.2) is 0 Å². The molecule has 0 bridgehead atoms. The summed E-state index contributed by atoms with van der Waals surface area (Å²) in [5.74, 6) is -0.347. The minimum absolute atomic E-state index is 0.0221. The standard InChI is InChI=1S/C24H44O6/c1-2-3-4-5-6-7-8-9-10-11-12-13-14-15-16-17-22(27)29-19-21(26)24-23(28)20(25)18-30-24/h9-10,20-21,23-26,28H,2-8,11-19H2,1H3/b10-9-/t20-,21+,23+,24?/m0/s1. The first kappa shape index (κ1) is 27.1. The fraction of sp³-hybridized carbons (Fsp3) is 0.875. The molecule has 6 nitrogen and oxygen atoms in total. The lowest BCUT2D eigenvalue weighted by Gasteiger charge is -2.20. The number of hydrogen-bond donors (Lipinski definition) is 3. The highest BCUT2D eigenvalue weighted by atomic mass is 16.6. The Bertz CT molecular complexity index is 453. The fourth-order valence-corrected chi connectivity index (χ4v) is 3.65. The average Bonchev–Trinajstić information content (AvgIpc) is 3.07. The number of allylic oxidation sites excluding steroid dienone is 2. The van der Waals surface area contributed by atoms with Gasteiger partial charge in [0, 0.05) is 6.42 Å². The van der Waals surface area contributed by atoms with Crippen LogP contribution in [0.1, 0.15) is 96.8 Å². The Morgan fingerprint density at radius 2 is 1.53 bits per heavy atom. The van der Waals surface area contributed by atoms with Gasteiger partial charge < -0.3 is 24.8 Å². The van der Waals surface area contributed by atoms with Gasteiger partial charge in [-0.2, -0.15) is 0 Å². The fourth-order valence-electron chi connectivity index (χ4n) is 3.65. The Labute approximate surface area is 182 Å². The first-order chi connectivity index (χ1) is 14.6. The SMILES string of the molecule is CCCCCCCC/C=C\CCCCCCCC(=O)OC[C@@H](O)C1OC[C@H](O)[C@H]1O. The molecule has 0 aliphatic carbocycles. The van der Waals surface area contributed by atoms with E-state index in [-0.39, 0.29) is 19.2 Å². The number of ether oxygens (including phenoxy) is 2. The van der Waals surface area contributed by atoms with Gasteiger partial charge in [-0.3, -0.25) is 4.79 Å². The maximum absolute atomic E-state index is 11.7. The van der Waals surface area contributed by atoms with Gasteiger partial charge in [-0.05, 0) is 32.1 Å². The summed E-state index contributed by atoms with van der Waals surface area (Å²) in [6.07, 6.45) is 16.5. The lowest BCUT2D eigenvalue weighted by molar-refractivity contribution is -0.151. The van der Waals surface area contributed by atoms with Crippen molar-refractivity contribution in [1.29, 1.82) is 0 Å². The van der Waals surface area contributed by atoms with Crippen LogP contribution in [-0.4, -0.2) is 58.9 Å². The highest BCUT2D eigenvalue weighted by Gasteiger charge is 2.39. The van der Waals surface area contributed by atoms with E-state index in [2.05, 4.69) is 19.1 Å². The monoisotopic (exact) mass is 428 g/mol. The van der Waals surface area contributed by atoms with E-state index in [1.54, 1.807) is 0 Å².